The second-order valence-electron chi connectivity index (χ2n) is 1.64. The summed E-state index contributed by atoms with van der Waals surface area (Å²) in [5.41, 5.74) is 1.74. The fourth-order valence-corrected chi connectivity index (χ4v) is 1.18. The van der Waals surface area contributed by atoms with Crippen molar-refractivity contribution in [2.45, 2.75) is 0 Å². The van der Waals surface area contributed by atoms with Crippen LogP contribution in [-0.4, -0.2) is 21.6 Å². The average Bonchev–Trinajstić information content (AvgIpc) is 2.59. The van der Waals surface area contributed by atoms with Crippen molar-refractivity contribution >= 4 is 23.3 Å². The first-order valence-electron chi connectivity index (χ1n) is 2.64. The standard InChI is InChI=1S/C4H4N4OS/c1-5-7-4(9-1)8-3-10-2-6-8/h1-2H,3H2. The highest BCUT2D eigenvalue weighted by Gasteiger charge is 2.12. The molecule has 0 aliphatic carbocycles. The molecule has 1 aromatic rings. The van der Waals surface area contributed by atoms with Gasteiger partial charge in [-0.05, 0) is 0 Å². The van der Waals surface area contributed by atoms with E-state index in [0.29, 0.717) is 6.01 Å². The van der Waals surface area contributed by atoms with Crippen LogP contribution in [0.3, 0.4) is 0 Å². The lowest BCUT2D eigenvalue weighted by atomic mass is 11.0. The largest absolute Gasteiger partial charge is 0.410 e. The zero-order valence-electron chi connectivity index (χ0n) is 4.97. The summed E-state index contributed by atoms with van der Waals surface area (Å²) >= 11 is 1.59. The van der Waals surface area contributed by atoms with Gasteiger partial charge in [0.05, 0.1) is 11.4 Å². The molecule has 0 unspecified atom stereocenters. The molecule has 0 saturated carbocycles. The minimum absolute atomic E-state index is 0.446. The molecule has 1 aliphatic rings. The van der Waals surface area contributed by atoms with E-state index in [4.69, 9.17) is 4.42 Å². The van der Waals surface area contributed by atoms with Gasteiger partial charge in [-0.25, -0.2) is 5.01 Å². The fourth-order valence-electron chi connectivity index (χ4n) is 0.612. The van der Waals surface area contributed by atoms with Crippen molar-refractivity contribution in [1.82, 2.24) is 10.2 Å². The maximum Gasteiger partial charge on any atom is 0.339 e. The van der Waals surface area contributed by atoms with E-state index in [1.807, 2.05) is 0 Å². The molecule has 0 radical (unpaired) electrons. The number of rotatable bonds is 1. The van der Waals surface area contributed by atoms with E-state index < -0.39 is 0 Å². The SMILES string of the molecule is C1=NN(c2nnco2)CS1. The molecule has 1 aliphatic heterocycles. The predicted molar refractivity (Wildman–Crippen MR) is 37.7 cm³/mol. The second-order valence-corrected chi connectivity index (χ2v) is 2.44. The van der Waals surface area contributed by atoms with E-state index in [0.717, 1.165) is 5.88 Å². The normalized spacial score (nSPS) is 16.6. The van der Waals surface area contributed by atoms with Crippen LogP contribution in [0.2, 0.25) is 0 Å². The Bertz CT molecular complexity index is 233. The summed E-state index contributed by atoms with van der Waals surface area (Å²) in [7, 11) is 0. The van der Waals surface area contributed by atoms with Gasteiger partial charge in [0.15, 0.2) is 0 Å². The van der Waals surface area contributed by atoms with Crippen molar-refractivity contribution < 1.29 is 4.42 Å². The Balaban J connectivity index is 2.20. The topological polar surface area (TPSA) is 54.5 Å². The van der Waals surface area contributed by atoms with Crippen LogP contribution in [-0.2, 0) is 0 Å². The third-order valence-corrected chi connectivity index (χ3v) is 1.66. The van der Waals surface area contributed by atoms with Crippen molar-refractivity contribution in [3.63, 3.8) is 0 Å². The Morgan fingerprint density at radius 3 is 3.30 bits per heavy atom. The smallest absolute Gasteiger partial charge is 0.339 e. The van der Waals surface area contributed by atoms with Crippen LogP contribution in [0.4, 0.5) is 6.01 Å². The van der Waals surface area contributed by atoms with Gasteiger partial charge in [-0.1, -0.05) is 16.9 Å². The van der Waals surface area contributed by atoms with Crippen molar-refractivity contribution in [3.05, 3.63) is 6.39 Å². The average molecular weight is 156 g/mol. The maximum absolute atomic E-state index is 4.89. The quantitative estimate of drug-likeness (QED) is 0.593. The molecule has 6 heteroatoms. The summed E-state index contributed by atoms with van der Waals surface area (Å²) in [5.74, 6) is 0.752. The summed E-state index contributed by atoms with van der Waals surface area (Å²) in [5, 5.41) is 12.8. The molecule has 0 fully saturated rings. The lowest BCUT2D eigenvalue weighted by molar-refractivity contribution is 0.545. The summed E-state index contributed by atoms with van der Waals surface area (Å²) < 4.78 is 4.89. The minimum atomic E-state index is 0.446. The van der Waals surface area contributed by atoms with E-state index in [2.05, 4.69) is 15.3 Å². The van der Waals surface area contributed by atoms with Crippen LogP contribution in [0.15, 0.2) is 15.9 Å². The number of hydrogen-bond acceptors (Lipinski definition) is 6. The number of thioether (sulfide) groups is 1. The van der Waals surface area contributed by atoms with Crippen molar-refractivity contribution in [3.8, 4) is 0 Å². The van der Waals surface area contributed by atoms with Crippen molar-refractivity contribution in [2.24, 2.45) is 5.10 Å². The lowest BCUT2D eigenvalue weighted by Crippen LogP contribution is -2.10. The first kappa shape index (κ1) is 5.72. The number of nitrogens with zero attached hydrogens (tertiary/aromatic N) is 4. The Hall–Kier alpha value is -1.04. The molecule has 2 heterocycles. The zero-order valence-corrected chi connectivity index (χ0v) is 5.78. The van der Waals surface area contributed by atoms with Crippen LogP contribution in [0.1, 0.15) is 0 Å². The summed E-state index contributed by atoms with van der Waals surface area (Å²) in [6, 6.07) is 0.446. The van der Waals surface area contributed by atoms with Gasteiger partial charge >= 0.3 is 6.01 Å². The van der Waals surface area contributed by atoms with Crippen LogP contribution in [0.5, 0.6) is 0 Å². The van der Waals surface area contributed by atoms with E-state index in [1.165, 1.54) is 6.39 Å². The molecule has 5 nitrogen and oxygen atoms in total. The van der Waals surface area contributed by atoms with Crippen LogP contribution >= 0.6 is 11.8 Å². The molecule has 2 rings (SSSR count). The van der Waals surface area contributed by atoms with E-state index >= 15 is 0 Å². The van der Waals surface area contributed by atoms with Gasteiger partial charge in [-0.3, -0.25) is 0 Å². The third kappa shape index (κ3) is 0.860. The fraction of sp³-hybridized carbons (Fsp3) is 0.250. The first-order valence-corrected chi connectivity index (χ1v) is 3.69. The maximum atomic E-state index is 4.89. The van der Waals surface area contributed by atoms with E-state index in [-0.39, 0.29) is 0 Å². The Kier molecular flexibility index (Phi) is 1.31. The summed E-state index contributed by atoms with van der Waals surface area (Å²) in [4.78, 5) is 0. The van der Waals surface area contributed by atoms with Crippen LogP contribution < -0.4 is 5.01 Å². The molecule has 1 aromatic heterocycles. The van der Waals surface area contributed by atoms with Gasteiger partial charge in [0.1, 0.15) is 0 Å². The highest BCUT2D eigenvalue weighted by Crippen LogP contribution is 2.17. The van der Waals surface area contributed by atoms with Gasteiger partial charge in [-0.2, -0.15) is 5.10 Å². The summed E-state index contributed by atoms with van der Waals surface area (Å²) in [6.45, 7) is 0. The van der Waals surface area contributed by atoms with Crippen LogP contribution in [0, 0.1) is 0 Å². The molecular weight excluding hydrogens is 152 g/mol. The van der Waals surface area contributed by atoms with Gasteiger partial charge in [0.25, 0.3) is 0 Å². The highest BCUT2D eigenvalue weighted by atomic mass is 32.2. The molecule has 0 bridgehead atoms. The molecule has 0 amide bonds. The molecule has 0 aromatic carbocycles. The lowest BCUT2D eigenvalue weighted by Gasteiger charge is -2.03. The number of anilines is 1. The second kappa shape index (κ2) is 2.30. The molecule has 10 heavy (non-hydrogen) atoms. The first-order chi connectivity index (χ1) is 4.97. The highest BCUT2D eigenvalue weighted by molar-refractivity contribution is 8.12. The Morgan fingerprint density at radius 1 is 1.70 bits per heavy atom. The molecule has 52 valence electrons. The molecule has 0 atom stereocenters. The zero-order chi connectivity index (χ0) is 6.81. The van der Waals surface area contributed by atoms with Crippen LogP contribution in [0.25, 0.3) is 0 Å². The van der Waals surface area contributed by atoms with Crippen molar-refractivity contribution in [1.29, 1.82) is 0 Å². The molecule has 0 saturated heterocycles. The summed E-state index contributed by atoms with van der Waals surface area (Å²) in [6.07, 6.45) is 1.29. The Labute approximate surface area is 61.1 Å². The monoisotopic (exact) mass is 156 g/mol. The van der Waals surface area contributed by atoms with Gasteiger partial charge in [0, 0.05) is 0 Å². The van der Waals surface area contributed by atoms with Crippen molar-refractivity contribution in [2.75, 3.05) is 10.9 Å². The van der Waals surface area contributed by atoms with E-state index in [1.54, 1.807) is 22.3 Å². The minimum Gasteiger partial charge on any atom is -0.410 e. The third-order valence-electron chi connectivity index (χ3n) is 1.03. The number of hydrogen-bond donors (Lipinski definition) is 0. The predicted octanol–water partition coefficient (Wildman–Crippen LogP) is 0.524. The van der Waals surface area contributed by atoms with Gasteiger partial charge in [-0.15, -0.1) is 5.10 Å². The number of hydrazone groups is 1. The molecular formula is C4H4N4OS. The molecule has 0 spiro atoms. The van der Waals surface area contributed by atoms with Gasteiger partial charge < -0.3 is 4.42 Å². The van der Waals surface area contributed by atoms with Gasteiger partial charge in [0.2, 0.25) is 6.39 Å². The number of aromatic nitrogens is 2. The molecule has 0 N–H and O–H groups in total. The Morgan fingerprint density at radius 2 is 2.70 bits per heavy atom. The van der Waals surface area contributed by atoms with E-state index in [9.17, 15) is 0 Å².